The summed E-state index contributed by atoms with van der Waals surface area (Å²) in [6.45, 7) is 2.47. The molecule has 0 aliphatic heterocycles. The van der Waals surface area contributed by atoms with Crippen molar-refractivity contribution in [1.82, 2.24) is 15.0 Å². The number of carbonyl (C=O) groups excluding carboxylic acids is 1. The summed E-state index contributed by atoms with van der Waals surface area (Å²) in [7, 11) is 4.98. The molecule has 1 aromatic carbocycles. The minimum absolute atomic E-state index is 0.00414. The Bertz CT molecular complexity index is 937. The minimum Gasteiger partial charge on any atom is -0.493 e. The van der Waals surface area contributed by atoms with Crippen LogP contribution in [-0.2, 0) is 17.8 Å². The number of hydrogen-bond donors (Lipinski definition) is 0. The normalized spacial score (nSPS) is 10.7. The van der Waals surface area contributed by atoms with Crippen LogP contribution in [0, 0.1) is 6.92 Å². The third-order valence-electron chi connectivity index (χ3n) is 4.48. The standard InChI is InChI=1S/C20H23N3O4S/c1-13-9-16(25-3)17(26-4)10-15(13)11-23(2)19(24)6-5-18-21-20(22-27-18)14-7-8-28-12-14/h7-10,12H,5-6,11H2,1-4H3. The van der Waals surface area contributed by atoms with Crippen LogP contribution >= 0.6 is 11.3 Å². The summed E-state index contributed by atoms with van der Waals surface area (Å²) in [5, 5.41) is 7.88. The van der Waals surface area contributed by atoms with E-state index in [1.165, 1.54) is 0 Å². The smallest absolute Gasteiger partial charge is 0.227 e. The number of nitrogens with zero attached hydrogens (tertiary/aromatic N) is 3. The zero-order valence-electron chi connectivity index (χ0n) is 16.4. The molecule has 3 rings (SSSR count). The van der Waals surface area contributed by atoms with Crippen molar-refractivity contribution in [3.8, 4) is 22.9 Å². The number of ether oxygens (including phenoxy) is 2. The number of carbonyl (C=O) groups is 1. The molecule has 2 heterocycles. The van der Waals surface area contributed by atoms with Crippen LogP contribution in [0.1, 0.15) is 23.4 Å². The summed E-state index contributed by atoms with van der Waals surface area (Å²) in [4.78, 5) is 18.6. The predicted octanol–water partition coefficient (Wildman–Crippen LogP) is 3.71. The van der Waals surface area contributed by atoms with Crippen molar-refractivity contribution >= 4 is 17.2 Å². The molecule has 0 saturated heterocycles. The topological polar surface area (TPSA) is 77.7 Å². The molecule has 0 radical (unpaired) electrons. The number of aryl methyl sites for hydroxylation is 2. The largest absolute Gasteiger partial charge is 0.493 e. The minimum atomic E-state index is 0.00414. The first kappa shape index (κ1) is 19.9. The molecule has 8 heteroatoms. The molecule has 2 aromatic heterocycles. The molecule has 0 fully saturated rings. The molecule has 0 unspecified atom stereocenters. The van der Waals surface area contributed by atoms with Crippen molar-refractivity contribution in [2.24, 2.45) is 0 Å². The molecule has 0 bridgehead atoms. The Kier molecular flexibility index (Phi) is 6.30. The van der Waals surface area contributed by atoms with E-state index in [2.05, 4.69) is 10.1 Å². The van der Waals surface area contributed by atoms with Crippen LogP contribution in [0.4, 0.5) is 0 Å². The third-order valence-corrected chi connectivity index (χ3v) is 5.16. The highest BCUT2D eigenvalue weighted by molar-refractivity contribution is 7.08. The van der Waals surface area contributed by atoms with E-state index in [0.717, 1.165) is 16.7 Å². The Balaban J connectivity index is 1.59. The number of benzene rings is 1. The van der Waals surface area contributed by atoms with Crippen molar-refractivity contribution in [1.29, 1.82) is 0 Å². The SMILES string of the molecule is COc1cc(C)c(CN(C)C(=O)CCc2nc(-c3ccsc3)no2)cc1OC. The molecular formula is C20H23N3O4S. The Morgan fingerprint density at radius 2 is 2.00 bits per heavy atom. The van der Waals surface area contributed by atoms with Crippen molar-refractivity contribution < 1.29 is 18.8 Å². The van der Waals surface area contributed by atoms with Crippen LogP contribution in [0.3, 0.4) is 0 Å². The summed E-state index contributed by atoms with van der Waals surface area (Å²) in [6.07, 6.45) is 0.708. The fourth-order valence-corrected chi connectivity index (χ4v) is 3.44. The molecule has 1 amide bonds. The Morgan fingerprint density at radius 3 is 2.68 bits per heavy atom. The fourth-order valence-electron chi connectivity index (χ4n) is 2.81. The van der Waals surface area contributed by atoms with Crippen LogP contribution in [0.15, 0.2) is 33.5 Å². The first-order valence-corrected chi connectivity index (χ1v) is 9.76. The van der Waals surface area contributed by atoms with E-state index in [4.69, 9.17) is 14.0 Å². The van der Waals surface area contributed by atoms with E-state index in [-0.39, 0.29) is 5.91 Å². The van der Waals surface area contributed by atoms with Gasteiger partial charge in [-0.15, -0.1) is 0 Å². The van der Waals surface area contributed by atoms with E-state index in [0.29, 0.717) is 42.6 Å². The van der Waals surface area contributed by atoms with Gasteiger partial charge in [-0.2, -0.15) is 16.3 Å². The highest BCUT2D eigenvalue weighted by Gasteiger charge is 2.16. The maximum Gasteiger partial charge on any atom is 0.227 e. The van der Waals surface area contributed by atoms with Gasteiger partial charge in [0.2, 0.25) is 17.6 Å². The zero-order valence-corrected chi connectivity index (χ0v) is 17.2. The summed E-state index contributed by atoms with van der Waals surface area (Å²) in [6, 6.07) is 5.75. The Morgan fingerprint density at radius 1 is 1.25 bits per heavy atom. The van der Waals surface area contributed by atoms with Crippen LogP contribution in [0.5, 0.6) is 11.5 Å². The lowest BCUT2D eigenvalue weighted by atomic mass is 10.1. The Labute approximate surface area is 167 Å². The number of rotatable bonds is 8. The highest BCUT2D eigenvalue weighted by atomic mass is 32.1. The quantitative estimate of drug-likeness (QED) is 0.573. The van der Waals surface area contributed by atoms with Gasteiger partial charge in [0.1, 0.15) is 0 Å². The van der Waals surface area contributed by atoms with Gasteiger partial charge in [0.25, 0.3) is 0 Å². The van der Waals surface area contributed by atoms with E-state index >= 15 is 0 Å². The summed E-state index contributed by atoms with van der Waals surface area (Å²) < 4.78 is 15.9. The van der Waals surface area contributed by atoms with E-state index in [9.17, 15) is 4.79 Å². The van der Waals surface area contributed by atoms with Crippen LogP contribution in [0.25, 0.3) is 11.4 Å². The molecule has 28 heavy (non-hydrogen) atoms. The monoisotopic (exact) mass is 401 g/mol. The summed E-state index contributed by atoms with van der Waals surface area (Å²) in [5.41, 5.74) is 2.97. The van der Waals surface area contributed by atoms with Gasteiger partial charge in [-0.05, 0) is 41.6 Å². The maximum absolute atomic E-state index is 12.5. The van der Waals surface area contributed by atoms with Crippen LogP contribution in [0.2, 0.25) is 0 Å². The number of hydrogen-bond acceptors (Lipinski definition) is 7. The molecule has 148 valence electrons. The van der Waals surface area contributed by atoms with Crippen molar-refractivity contribution in [3.05, 3.63) is 46.0 Å². The summed E-state index contributed by atoms with van der Waals surface area (Å²) in [5.74, 6) is 2.35. The highest BCUT2D eigenvalue weighted by Crippen LogP contribution is 2.30. The van der Waals surface area contributed by atoms with E-state index in [1.54, 1.807) is 37.5 Å². The molecule has 0 spiro atoms. The second kappa shape index (κ2) is 8.88. The molecule has 7 nitrogen and oxygen atoms in total. The average molecular weight is 401 g/mol. The van der Waals surface area contributed by atoms with Gasteiger partial charge >= 0.3 is 0 Å². The number of aromatic nitrogens is 2. The molecule has 0 atom stereocenters. The molecule has 0 saturated carbocycles. The lowest BCUT2D eigenvalue weighted by molar-refractivity contribution is -0.130. The lowest BCUT2D eigenvalue weighted by Crippen LogP contribution is -2.26. The van der Waals surface area contributed by atoms with Gasteiger partial charge in [-0.25, -0.2) is 0 Å². The molecule has 0 N–H and O–H groups in total. The Hall–Kier alpha value is -2.87. The van der Waals surface area contributed by atoms with Crippen molar-refractivity contribution in [2.75, 3.05) is 21.3 Å². The summed E-state index contributed by atoms with van der Waals surface area (Å²) >= 11 is 1.57. The predicted molar refractivity (Wildman–Crippen MR) is 107 cm³/mol. The van der Waals surface area contributed by atoms with Gasteiger partial charge < -0.3 is 18.9 Å². The third kappa shape index (κ3) is 4.51. The van der Waals surface area contributed by atoms with Crippen molar-refractivity contribution in [2.45, 2.75) is 26.3 Å². The maximum atomic E-state index is 12.5. The number of methoxy groups -OCH3 is 2. The first-order chi connectivity index (χ1) is 13.5. The molecule has 0 aliphatic rings. The van der Waals surface area contributed by atoms with Gasteiger partial charge in [0.05, 0.1) is 14.2 Å². The van der Waals surface area contributed by atoms with Crippen LogP contribution in [-0.4, -0.2) is 42.2 Å². The second-order valence-electron chi connectivity index (χ2n) is 6.41. The van der Waals surface area contributed by atoms with Crippen molar-refractivity contribution in [3.63, 3.8) is 0 Å². The molecular weight excluding hydrogens is 378 g/mol. The number of thiophene rings is 1. The second-order valence-corrected chi connectivity index (χ2v) is 7.19. The van der Waals surface area contributed by atoms with Gasteiger partial charge in [-0.1, -0.05) is 5.16 Å². The van der Waals surface area contributed by atoms with Gasteiger partial charge in [0.15, 0.2) is 11.5 Å². The first-order valence-electron chi connectivity index (χ1n) is 8.82. The van der Waals surface area contributed by atoms with Crippen LogP contribution < -0.4 is 9.47 Å². The zero-order chi connectivity index (χ0) is 20.1. The molecule has 0 aliphatic carbocycles. The average Bonchev–Trinajstić information content (AvgIpc) is 3.38. The molecule has 3 aromatic rings. The van der Waals surface area contributed by atoms with E-state index < -0.39 is 0 Å². The number of amides is 1. The van der Waals surface area contributed by atoms with Gasteiger partial charge in [0, 0.05) is 37.4 Å². The van der Waals surface area contributed by atoms with Gasteiger partial charge in [-0.3, -0.25) is 4.79 Å². The lowest BCUT2D eigenvalue weighted by Gasteiger charge is -2.19. The van der Waals surface area contributed by atoms with E-state index in [1.807, 2.05) is 35.9 Å². The fraction of sp³-hybridized carbons (Fsp3) is 0.350.